The molecule has 0 unspecified atom stereocenters. The third-order valence-electron chi connectivity index (χ3n) is 5.40. The van der Waals surface area contributed by atoms with Crippen LogP contribution in [0.3, 0.4) is 0 Å². The zero-order valence-corrected chi connectivity index (χ0v) is 21.4. The molecule has 1 amide bonds. The Morgan fingerprint density at radius 2 is 1.66 bits per heavy atom. The van der Waals surface area contributed by atoms with Crippen LogP contribution < -0.4 is 14.8 Å². The van der Waals surface area contributed by atoms with E-state index in [1.165, 1.54) is 42.2 Å². The van der Waals surface area contributed by atoms with Crippen LogP contribution in [0.15, 0.2) is 70.9 Å². The third-order valence-corrected chi connectivity index (χ3v) is 7.56. The van der Waals surface area contributed by atoms with E-state index < -0.39 is 10.0 Å². The molecule has 1 aromatic heterocycles. The van der Waals surface area contributed by atoms with Crippen LogP contribution in [0, 0.1) is 20.8 Å². The molecule has 0 spiro atoms. The predicted octanol–water partition coefficient (Wildman–Crippen LogP) is 5.80. The van der Waals surface area contributed by atoms with Gasteiger partial charge in [-0.15, -0.1) is 11.3 Å². The van der Waals surface area contributed by atoms with Crippen molar-refractivity contribution in [3.63, 3.8) is 0 Å². The highest BCUT2D eigenvalue weighted by Gasteiger charge is 2.17. The van der Waals surface area contributed by atoms with E-state index in [-0.39, 0.29) is 16.5 Å². The van der Waals surface area contributed by atoms with Crippen LogP contribution >= 0.6 is 11.3 Å². The lowest BCUT2D eigenvalue weighted by Crippen LogP contribution is -2.15. The lowest BCUT2D eigenvalue weighted by atomic mass is 9.98. The van der Waals surface area contributed by atoms with Crippen molar-refractivity contribution in [3.05, 3.63) is 88.3 Å². The average molecular weight is 508 g/mol. The van der Waals surface area contributed by atoms with Crippen molar-refractivity contribution in [2.45, 2.75) is 25.7 Å². The minimum Gasteiger partial charge on any atom is -0.497 e. The van der Waals surface area contributed by atoms with Gasteiger partial charge < -0.3 is 4.74 Å². The minimum absolute atomic E-state index is 0.0881. The number of anilines is 2. The van der Waals surface area contributed by atoms with Gasteiger partial charge in [0, 0.05) is 22.2 Å². The number of methoxy groups -OCH3 is 1. The molecule has 0 saturated carbocycles. The fraction of sp³-hybridized carbons (Fsp3) is 0.154. The summed E-state index contributed by atoms with van der Waals surface area (Å²) in [4.78, 5) is 17.5. The third kappa shape index (κ3) is 5.52. The van der Waals surface area contributed by atoms with Crippen molar-refractivity contribution >= 4 is 38.1 Å². The Labute approximate surface area is 208 Å². The summed E-state index contributed by atoms with van der Waals surface area (Å²) in [5, 5.41) is 5.19. The zero-order chi connectivity index (χ0) is 25.2. The van der Waals surface area contributed by atoms with E-state index in [2.05, 4.69) is 34.1 Å². The highest BCUT2D eigenvalue weighted by molar-refractivity contribution is 7.92. The van der Waals surface area contributed by atoms with E-state index in [9.17, 15) is 13.2 Å². The highest BCUT2D eigenvalue weighted by atomic mass is 32.2. The number of rotatable bonds is 7. The minimum atomic E-state index is -3.83. The molecule has 35 heavy (non-hydrogen) atoms. The normalized spacial score (nSPS) is 11.2. The Morgan fingerprint density at radius 1 is 0.971 bits per heavy atom. The molecule has 0 aliphatic rings. The van der Waals surface area contributed by atoms with Crippen LogP contribution in [0.4, 0.5) is 10.8 Å². The van der Waals surface area contributed by atoms with Gasteiger partial charge in [-0.3, -0.25) is 14.8 Å². The number of carbonyl (C=O) groups excluding carboxylic acids is 1. The van der Waals surface area contributed by atoms with Gasteiger partial charge in [0.1, 0.15) is 5.75 Å². The lowest BCUT2D eigenvalue weighted by molar-refractivity contribution is 0.102. The van der Waals surface area contributed by atoms with Gasteiger partial charge in [-0.05, 0) is 74.4 Å². The number of aryl methyl sites for hydroxylation is 3. The second kappa shape index (κ2) is 9.89. The fourth-order valence-electron chi connectivity index (χ4n) is 3.89. The van der Waals surface area contributed by atoms with Gasteiger partial charge in [0.05, 0.1) is 17.7 Å². The fourth-order valence-corrected chi connectivity index (χ4v) is 5.64. The molecule has 0 aliphatic heterocycles. The number of nitrogens with zero attached hydrogens (tertiary/aromatic N) is 1. The summed E-state index contributed by atoms with van der Waals surface area (Å²) >= 11 is 1.34. The number of aromatic nitrogens is 1. The molecule has 0 saturated heterocycles. The Kier molecular flexibility index (Phi) is 6.90. The summed E-state index contributed by atoms with van der Waals surface area (Å²) < 4.78 is 33.0. The number of ether oxygens (including phenoxy) is 1. The predicted molar refractivity (Wildman–Crippen MR) is 140 cm³/mol. The molecule has 1 heterocycles. The van der Waals surface area contributed by atoms with Gasteiger partial charge in [-0.2, -0.15) is 0 Å². The van der Waals surface area contributed by atoms with E-state index in [4.69, 9.17) is 4.74 Å². The number of nitrogens with one attached hydrogen (secondary N) is 2. The quantitative estimate of drug-likeness (QED) is 0.330. The molecule has 0 aliphatic carbocycles. The summed E-state index contributed by atoms with van der Waals surface area (Å²) in [6.45, 7) is 6.15. The van der Waals surface area contributed by atoms with E-state index in [1.807, 2.05) is 19.2 Å². The smallest absolute Gasteiger partial charge is 0.261 e. The van der Waals surface area contributed by atoms with Gasteiger partial charge in [-0.25, -0.2) is 13.4 Å². The monoisotopic (exact) mass is 507 g/mol. The molecule has 0 atom stereocenters. The van der Waals surface area contributed by atoms with E-state index in [0.717, 1.165) is 22.4 Å². The lowest BCUT2D eigenvalue weighted by Gasteiger charge is -2.10. The molecule has 9 heteroatoms. The van der Waals surface area contributed by atoms with Crippen LogP contribution in [0.1, 0.15) is 27.0 Å². The number of amides is 1. The van der Waals surface area contributed by atoms with Crippen molar-refractivity contribution in [2.24, 2.45) is 0 Å². The molecule has 0 bridgehead atoms. The van der Waals surface area contributed by atoms with Crippen LogP contribution in [0.5, 0.6) is 5.75 Å². The first-order valence-electron chi connectivity index (χ1n) is 10.8. The van der Waals surface area contributed by atoms with Gasteiger partial charge in [0.15, 0.2) is 5.13 Å². The van der Waals surface area contributed by atoms with Gasteiger partial charge in [0.2, 0.25) is 0 Å². The molecule has 3 aromatic carbocycles. The van der Waals surface area contributed by atoms with E-state index in [1.54, 1.807) is 30.3 Å². The second-order valence-corrected chi connectivity index (χ2v) is 10.7. The van der Waals surface area contributed by atoms with Crippen molar-refractivity contribution in [1.82, 2.24) is 4.98 Å². The number of carbonyl (C=O) groups is 1. The van der Waals surface area contributed by atoms with Gasteiger partial charge in [-0.1, -0.05) is 23.8 Å². The molecule has 7 nitrogen and oxygen atoms in total. The molecule has 2 N–H and O–H groups in total. The number of sulfonamides is 1. The molecule has 4 aromatic rings. The van der Waals surface area contributed by atoms with Crippen LogP contribution in [0.25, 0.3) is 11.3 Å². The highest BCUT2D eigenvalue weighted by Crippen LogP contribution is 2.31. The summed E-state index contributed by atoms with van der Waals surface area (Å²) in [6, 6.07) is 16.6. The summed E-state index contributed by atoms with van der Waals surface area (Å²) in [5.74, 6) is 0.175. The molecule has 0 fully saturated rings. The maximum Gasteiger partial charge on any atom is 0.261 e. The Hall–Kier alpha value is -3.69. The average Bonchev–Trinajstić information content (AvgIpc) is 3.26. The van der Waals surface area contributed by atoms with Crippen molar-refractivity contribution in [3.8, 4) is 17.0 Å². The first-order chi connectivity index (χ1) is 16.7. The van der Waals surface area contributed by atoms with Crippen molar-refractivity contribution in [2.75, 3.05) is 17.1 Å². The summed E-state index contributed by atoms with van der Waals surface area (Å²) in [7, 11) is -2.32. The standard InChI is InChI=1S/C26H25N3O4S2/c1-16-12-17(2)24(18(3)13-16)23-15-34-26(27-23)28-25(30)19-6-5-7-20(14-19)29-35(31,32)22-10-8-21(33-4)9-11-22/h5-15,29H,1-4H3,(H,27,28,30). The topological polar surface area (TPSA) is 97.4 Å². The largest absolute Gasteiger partial charge is 0.497 e. The van der Waals surface area contributed by atoms with Crippen LogP contribution in [0.2, 0.25) is 0 Å². The molecular formula is C26H25N3O4S2. The van der Waals surface area contributed by atoms with Crippen molar-refractivity contribution in [1.29, 1.82) is 0 Å². The van der Waals surface area contributed by atoms with E-state index >= 15 is 0 Å². The SMILES string of the molecule is COc1ccc(S(=O)(=O)Nc2cccc(C(=O)Nc3nc(-c4c(C)cc(C)cc4C)cs3)c2)cc1. The number of hydrogen-bond donors (Lipinski definition) is 2. The zero-order valence-electron chi connectivity index (χ0n) is 19.7. The number of hydrogen-bond acceptors (Lipinski definition) is 6. The summed E-state index contributed by atoms with van der Waals surface area (Å²) in [5.41, 5.74) is 5.89. The molecule has 180 valence electrons. The van der Waals surface area contributed by atoms with E-state index in [0.29, 0.717) is 16.4 Å². The number of benzene rings is 3. The first kappa shape index (κ1) is 24.4. The van der Waals surface area contributed by atoms with Gasteiger partial charge in [0.25, 0.3) is 15.9 Å². The Morgan fingerprint density at radius 3 is 2.31 bits per heavy atom. The Balaban J connectivity index is 1.50. The Bertz CT molecular complexity index is 1470. The number of thiazole rings is 1. The van der Waals surface area contributed by atoms with Crippen LogP contribution in [-0.4, -0.2) is 26.4 Å². The molecule has 0 radical (unpaired) electrons. The maximum absolute atomic E-state index is 12.9. The van der Waals surface area contributed by atoms with Crippen molar-refractivity contribution < 1.29 is 17.9 Å². The van der Waals surface area contributed by atoms with Crippen LogP contribution in [-0.2, 0) is 10.0 Å². The second-order valence-electron chi connectivity index (χ2n) is 8.13. The molecular weight excluding hydrogens is 482 g/mol. The molecule has 4 rings (SSSR count). The van der Waals surface area contributed by atoms with Gasteiger partial charge >= 0.3 is 0 Å². The summed E-state index contributed by atoms with van der Waals surface area (Å²) in [6.07, 6.45) is 0. The first-order valence-corrected chi connectivity index (χ1v) is 13.1. The maximum atomic E-state index is 12.9.